The van der Waals surface area contributed by atoms with E-state index >= 15 is 0 Å². The summed E-state index contributed by atoms with van der Waals surface area (Å²) in [6, 6.07) is 16.2. The van der Waals surface area contributed by atoms with Gasteiger partial charge in [0.1, 0.15) is 6.61 Å². The van der Waals surface area contributed by atoms with Crippen molar-refractivity contribution in [3.63, 3.8) is 0 Å². The van der Waals surface area contributed by atoms with E-state index in [2.05, 4.69) is 29.6 Å². The normalized spacial score (nSPS) is 33.0. The lowest BCUT2D eigenvalue weighted by Gasteiger charge is -2.34. The number of rotatable bonds is 4. The molecule has 1 amide bonds. The molecule has 5 unspecified atom stereocenters. The molecule has 4 fully saturated rings. The number of aliphatic carboxylic acids is 1. The lowest BCUT2D eigenvalue weighted by molar-refractivity contribution is -0.146. The van der Waals surface area contributed by atoms with Crippen LogP contribution in [0.1, 0.15) is 36.3 Å². The minimum atomic E-state index is -0.751. The van der Waals surface area contributed by atoms with Crippen molar-refractivity contribution in [2.75, 3.05) is 6.61 Å². The molecule has 0 saturated heterocycles. The molecule has 5 nitrogen and oxygen atoms in total. The Morgan fingerprint density at radius 2 is 1.66 bits per heavy atom. The van der Waals surface area contributed by atoms with Crippen molar-refractivity contribution in [2.24, 2.45) is 23.2 Å². The summed E-state index contributed by atoms with van der Waals surface area (Å²) >= 11 is 0. The first-order chi connectivity index (χ1) is 14.1. The van der Waals surface area contributed by atoms with Crippen LogP contribution in [0.3, 0.4) is 0 Å². The van der Waals surface area contributed by atoms with Crippen LogP contribution in [0, 0.1) is 23.2 Å². The van der Waals surface area contributed by atoms with E-state index in [9.17, 15) is 14.7 Å². The minimum Gasteiger partial charge on any atom is -0.481 e. The molecule has 0 aromatic heterocycles. The zero-order valence-electron chi connectivity index (χ0n) is 16.0. The molecule has 2 aromatic carbocycles. The third kappa shape index (κ3) is 2.16. The van der Waals surface area contributed by atoms with E-state index in [-0.39, 0.29) is 36.3 Å². The summed E-state index contributed by atoms with van der Waals surface area (Å²) in [5.74, 6) is -0.0166. The van der Waals surface area contributed by atoms with Gasteiger partial charge in [0, 0.05) is 5.92 Å². The molecule has 2 N–H and O–H groups in total. The summed E-state index contributed by atoms with van der Waals surface area (Å²) < 4.78 is 5.66. The van der Waals surface area contributed by atoms with Gasteiger partial charge in [-0.05, 0) is 59.3 Å². The van der Waals surface area contributed by atoms with Gasteiger partial charge >= 0.3 is 12.1 Å². The fraction of sp³-hybridized carbons (Fsp3) is 0.417. The van der Waals surface area contributed by atoms with E-state index in [1.165, 1.54) is 22.3 Å². The number of hydrogen-bond donors (Lipinski definition) is 2. The monoisotopic (exact) mass is 389 g/mol. The molecule has 4 saturated carbocycles. The summed E-state index contributed by atoms with van der Waals surface area (Å²) in [5, 5.41) is 12.8. The van der Waals surface area contributed by atoms with Crippen LogP contribution in [-0.2, 0) is 9.53 Å². The Bertz CT molecular complexity index is 982. The highest BCUT2D eigenvalue weighted by Gasteiger charge is 2.80. The van der Waals surface area contributed by atoms with E-state index in [0.29, 0.717) is 0 Å². The Balaban J connectivity index is 1.19. The molecule has 5 atom stereocenters. The van der Waals surface area contributed by atoms with Gasteiger partial charge in [0.25, 0.3) is 0 Å². The van der Waals surface area contributed by atoms with Gasteiger partial charge in [0.05, 0.1) is 11.5 Å². The van der Waals surface area contributed by atoms with E-state index in [4.69, 9.17) is 4.74 Å². The van der Waals surface area contributed by atoms with E-state index in [0.717, 1.165) is 19.3 Å². The molecule has 29 heavy (non-hydrogen) atoms. The first-order valence-electron chi connectivity index (χ1n) is 10.5. The molecule has 0 radical (unpaired) electrons. The number of ether oxygens (including phenoxy) is 1. The largest absolute Gasteiger partial charge is 0.481 e. The number of carboxylic acid groups (broad SMARTS) is 1. The first kappa shape index (κ1) is 17.1. The van der Waals surface area contributed by atoms with Crippen molar-refractivity contribution in [2.45, 2.75) is 31.2 Å². The molecule has 4 bridgehead atoms. The molecule has 0 heterocycles. The van der Waals surface area contributed by atoms with Crippen molar-refractivity contribution in [1.82, 2.24) is 5.32 Å². The Labute approximate surface area is 169 Å². The lowest BCUT2D eigenvalue weighted by Crippen LogP contribution is -2.50. The second kappa shape index (κ2) is 5.85. The van der Waals surface area contributed by atoms with Crippen molar-refractivity contribution in [3.8, 4) is 11.1 Å². The molecule has 2 aromatic rings. The highest BCUT2D eigenvalue weighted by molar-refractivity contribution is 5.83. The van der Waals surface area contributed by atoms with Crippen LogP contribution in [0.4, 0.5) is 4.79 Å². The number of fused-ring (bicyclic) bond motifs is 4. The number of alkyl carbamates (subject to hydrolysis) is 1. The number of carboxylic acids is 1. The summed E-state index contributed by atoms with van der Waals surface area (Å²) in [7, 11) is 0. The highest BCUT2D eigenvalue weighted by atomic mass is 16.5. The number of hydrogen-bond acceptors (Lipinski definition) is 3. The molecule has 5 aliphatic carbocycles. The van der Waals surface area contributed by atoms with Crippen LogP contribution in [0.2, 0.25) is 0 Å². The van der Waals surface area contributed by atoms with Crippen LogP contribution >= 0.6 is 0 Å². The molecular weight excluding hydrogens is 366 g/mol. The zero-order valence-corrected chi connectivity index (χ0v) is 16.0. The predicted molar refractivity (Wildman–Crippen MR) is 106 cm³/mol. The minimum absolute atomic E-state index is 0.00952. The lowest BCUT2D eigenvalue weighted by atomic mass is 9.77. The Hall–Kier alpha value is -2.82. The van der Waals surface area contributed by atoms with Crippen molar-refractivity contribution < 1.29 is 19.4 Å². The summed E-state index contributed by atoms with van der Waals surface area (Å²) in [6.45, 7) is 0.254. The second-order valence-corrected chi connectivity index (χ2v) is 8.97. The third-order valence-corrected chi connectivity index (χ3v) is 7.98. The van der Waals surface area contributed by atoms with Crippen LogP contribution < -0.4 is 5.32 Å². The maximum atomic E-state index is 12.7. The molecule has 148 valence electrons. The van der Waals surface area contributed by atoms with Gasteiger partial charge in [-0.1, -0.05) is 48.5 Å². The van der Waals surface area contributed by atoms with Gasteiger partial charge in [-0.25, -0.2) is 4.79 Å². The van der Waals surface area contributed by atoms with Gasteiger partial charge in [-0.2, -0.15) is 0 Å². The zero-order chi connectivity index (χ0) is 19.8. The molecule has 0 aliphatic heterocycles. The van der Waals surface area contributed by atoms with Gasteiger partial charge < -0.3 is 15.2 Å². The Kier molecular flexibility index (Phi) is 3.44. The summed E-state index contributed by atoms with van der Waals surface area (Å²) in [4.78, 5) is 24.7. The second-order valence-electron chi connectivity index (χ2n) is 8.97. The fourth-order valence-electron chi connectivity index (χ4n) is 6.81. The van der Waals surface area contributed by atoms with E-state index in [1.54, 1.807) is 0 Å². The number of amides is 1. The third-order valence-electron chi connectivity index (χ3n) is 7.98. The van der Waals surface area contributed by atoms with Gasteiger partial charge in [-0.3, -0.25) is 4.79 Å². The number of carbonyl (C=O) groups excluding carboxylic acids is 1. The maximum absolute atomic E-state index is 12.7. The standard InChI is InChI=1S/C24H23NO4/c26-22(27)24-19-10-9-13(11-20(19)24)21(24)25-23(28)29-12-18-16-7-3-1-5-14(16)15-6-2-4-8-17(15)18/h1-8,13,18-21H,9-12H2,(H,25,28)(H,26,27). The Morgan fingerprint density at radius 3 is 2.28 bits per heavy atom. The van der Waals surface area contributed by atoms with Crippen LogP contribution in [-0.4, -0.2) is 29.8 Å². The smallest absolute Gasteiger partial charge is 0.407 e. The Morgan fingerprint density at radius 1 is 1.00 bits per heavy atom. The SMILES string of the molecule is O=C(NC1C2CCC3C(C2)C31C(=O)O)OCC1c2ccccc2-c2ccccc21. The molecule has 5 aliphatic rings. The van der Waals surface area contributed by atoms with Gasteiger partial charge in [0.15, 0.2) is 0 Å². The van der Waals surface area contributed by atoms with Gasteiger partial charge in [0.2, 0.25) is 0 Å². The van der Waals surface area contributed by atoms with Gasteiger partial charge in [-0.15, -0.1) is 0 Å². The molecular formula is C24H23NO4. The van der Waals surface area contributed by atoms with Crippen molar-refractivity contribution >= 4 is 12.1 Å². The number of benzene rings is 2. The molecule has 5 heteroatoms. The molecule has 0 spiro atoms. The number of carbonyl (C=O) groups is 2. The first-order valence-corrected chi connectivity index (χ1v) is 10.5. The van der Waals surface area contributed by atoms with Crippen molar-refractivity contribution in [1.29, 1.82) is 0 Å². The van der Waals surface area contributed by atoms with Crippen LogP contribution in [0.5, 0.6) is 0 Å². The maximum Gasteiger partial charge on any atom is 0.407 e. The average Bonchev–Trinajstić information content (AvgIpc) is 3.20. The van der Waals surface area contributed by atoms with E-state index < -0.39 is 17.5 Å². The van der Waals surface area contributed by atoms with Crippen molar-refractivity contribution in [3.05, 3.63) is 59.7 Å². The summed E-state index contributed by atoms with van der Waals surface area (Å²) in [6.07, 6.45) is 2.41. The summed E-state index contributed by atoms with van der Waals surface area (Å²) in [5.41, 5.74) is 3.98. The fourth-order valence-corrected chi connectivity index (χ4v) is 6.81. The van der Waals surface area contributed by atoms with E-state index in [1.807, 2.05) is 24.3 Å². The number of nitrogens with one attached hydrogen (secondary N) is 1. The quantitative estimate of drug-likeness (QED) is 0.828. The van der Waals surface area contributed by atoms with Crippen LogP contribution in [0.25, 0.3) is 11.1 Å². The average molecular weight is 389 g/mol. The molecule has 7 rings (SSSR count). The van der Waals surface area contributed by atoms with Crippen LogP contribution in [0.15, 0.2) is 48.5 Å². The highest BCUT2D eigenvalue weighted by Crippen LogP contribution is 2.75. The predicted octanol–water partition coefficient (Wildman–Crippen LogP) is 4.02. The topological polar surface area (TPSA) is 75.6 Å².